The van der Waals surface area contributed by atoms with Gasteiger partial charge < -0.3 is 14.9 Å². The standard InChI is InChI=1S/C17H18N4O4S/c1-10-8-13-14(19-17(23)16(22)18-13)9-15(10)26(24,25)20-11-4-6-12(7-5-11)21(2)3/h4-9,20H,1-3H3,(H,18,22)(H,19,23). The maximum absolute atomic E-state index is 12.8. The van der Waals surface area contributed by atoms with Gasteiger partial charge in [0, 0.05) is 25.5 Å². The Balaban J connectivity index is 2.03. The number of aromatic nitrogens is 2. The average molecular weight is 374 g/mol. The highest BCUT2D eigenvalue weighted by Crippen LogP contribution is 2.23. The molecular formula is C17H18N4O4S. The lowest BCUT2D eigenvalue weighted by Gasteiger charge is -2.14. The van der Waals surface area contributed by atoms with E-state index in [1.165, 1.54) is 12.1 Å². The monoisotopic (exact) mass is 374 g/mol. The zero-order valence-corrected chi connectivity index (χ0v) is 15.3. The lowest BCUT2D eigenvalue weighted by atomic mass is 10.2. The highest BCUT2D eigenvalue weighted by atomic mass is 32.2. The van der Waals surface area contributed by atoms with Gasteiger partial charge in [-0.2, -0.15) is 0 Å². The van der Waals surface area contributed by atoms with Gasteiger partial charge in [0.1, 0.15) is 0 Å². The van der Waals surface area contributed by atoms with Gasteiger partial charge in [0.2, 0.25) is 0 Å². The van der Waals surface area contributed by atoms with Crippen molar-refractivity contribution in [3.05, 3.63) is 62.7 Å². The molecule has 3 aromatic rings. The van der Waals surface area contributed by atoms with E-state index in [1.54, 1.807) is 31.2 Å². The quantitative estimate of drug-likeness (QED) is 0.597. The number of hydrogen-bond donors (Lipinski definition) is 3. The number of nitrogens with one attached hydrogen (secondary N) is 3. The van der Waals surface area contributed by atoms with Gasteiger partial charge in [-0.05, 0) is 48.9 Å². The van der Waals surface area contributed by atoms with E-state index in [4.69, 9.17) is 0 Å². The summed E-state index contributed by atoms with van der Waals surface area (Å²) in [5.41, 5.74) is 0.785. The predicted octanol–water partition coefficient (Wildman–Crippen LogP) is 1.39. The molecule has 26 heavy (non-hydrogen) atoms. The molecule has 1 aromatic heterocycles. The van der Waals surface area contributed by atoms with Gasteiger partial charge in [0.15, 0.2) is 0 Å². The summed E-state index contributed by atoms with van der Waals surface area (Å²) in [4.78, 5) is 29.6. The number of H-pyrrole nitrogens is 2. The molecule has 0 bridgehead atoms. The van der Waals surface area contributed by atoms with Gasteiger partial charge in [-0.15, -0.1) is 0 Å². The molecule has 136 valence electrons. The van der Waals surface area contributed by atoms with Crippen molar-refractivity contribution < 1.29 is 8.42 Å². The summed E-state index contributed by atoms with van der Waals surface area (Å²) in [6, 6.07) is 9.78. The summed E-state index contributed by atoms with van der Waals surface area (Å²) in [7, 11) is -0.0860. The number of sulfonamides is 1. The number of hydrogen-bond acceptors (Lipinski definition) is 5. The largest absolute Gasteiger partial charge is 0.378 e. The summed E-state index contributed by atoms with van der Waals surface area (Å²) >= 11 is 0. The number of anilines is 2. The zero-order chi connectivity index (χ0) is 19.1. The second-order valence-corrected chi connectivity index (χ2v) is 7.77. The molecule has 0 aliphatic carbocycles. The SMILES string of the molecule is Cc1cc2[nH]c(=O)c(=O)[nH]c2cc1S(=O)(=O)Nc1ccc(N(C)C)cc1. The van der Waals surface area contributed by atoms with E-state index in [1.807, 2.05) is 19.0 Å². The van der Waals surface area contributed by atoms with Crippen molar-refractivity contribution in [3.63, 3.8) is 0 Å². The van der Waals surface area contributed by atoms with Crippen molar-refractivity contribution in [3.8, 4) is 0 Å². The normalized spacial score (nSPS) is 11.5. The molecule has 0 saturated carbocycles. The highest BCUT2D eigenvalue weighted by molar-refractivity contribution is 7.92. The van der Waals surface area contributed by atoms with Crippen LogP contribution in [0.3, 0.4) is 0 Å². The number of aromatic amines is 2. The van der Waals surface area contributed by atoms with Gasteiger partial charge in [-0.3, -0.25) is 14.3 Å². The Kier molecular flexibility index (Phi) is 4.33. The van der Waals surface area contributed by atoms with Gasteiger partial charge in [-0.25, -0.2) is 8.42 Å². The molecule has 3 rings (SSSR count). The maximum atomic E-state index is 12.8. The van der Waals surface area contributed by atoms with Crippen LogP contribution in [0.4, 0.5) is 11.4 Å². The Hall–Kier alpha value is -3.07. The van der Waals surface area contributed by atoms with Crippen molar-refractivity contribution >= 4 is 32.4 Å². The lowest BCUT2D eigenvalue weighted by Crippen LogP contribution is -2.29. The van der Waals surface area contributed by atoms with Crippen molar-refractivity contribution in [2.75, 3.05) is 23.7 Å². The van der Waals surface area contributed by atoms with E-state index < -0.39 is 21.1 Å². The summed E-state index contributed by atoms with van der Waals surface area (Å²) in [5.74, 6) is 0. The Morgan fingerprint density at radius 3 is 2.00 bits per heavy atom. The van der Waals surface area contributed by atoms with Crippen LogP contribution >= 0.6 is 0 Å². The highest BCUT2D eigenvalue weighted by Gasteiger charge is 2.18. The van der Waals surface area contributed by atoms with Crippen LogP contribution in [0.25, 0.3) is 11.0 Å². The van der Waals surface area contributed by atoms with Crippen molar-refractivity contribution in [2.24, 2.45) is 0 Å². The Labute approximate surface area is 149 Å². The molecule has 2 aromatic carbocycles. The zero-order valence-electron chi connectivity index (χ0n) is 14.5. The average Bonchev–Trinajstić information content (AvgIpc) is 2.56. The first-order valence-corrected chi connectivity index (χ1v) is 9.23. The first kappa shape index (κ1) is 17.7. The van der Waals surface area contributed by atoms with Crippen LogP contribution in [-0.2, 0) is 10.0 Å². The van der Waals surface area contributed by atoms with E-state index in [9.17, 15) is 18.0 Å². The third kappa shape index (κ3) is 3.33. The van der Waals surface area contributed by atoms with Crippen LogP contribution < -0.4 is 20.7 Å². The Morgan fingerprint density at radius 1 is 0.923 bits per heavy atom. The molecule has 0 spiro atoms. The molecule has 0 saturated heterocycles. The van der Waals surface area contributed by atoms with Crippen molar-refractivity contribution in [2.45, 2.75) is 11.8 Å². The van der Waals surface area contributed by atoms with E-state index >= 15 is 0 Å². The molecule has 0 fully saturated rings. The number of nitrogens with zero attached hydrogens (tertiary/aromatic N) is 1. The summed E-state index contributed by atoms with van der Waals surface area (Å²) in [6.07, 6.45) is 0. The van der Waals surface area contributed by atoms with Crippen LogP contribution in [0.1, 0.15) is 5.56 Å². The minimum atomic E-state index is -3.87. The summed E-state index contributed by atoms with van der Waals surface area (Å²) < 4.78 is 28.0. The van der Waals surface area contributed by atoms with Crippen LogP contribution in [0.5, 0.6) is 0 Å². The van der Waals surface area contributed by atoms with Gasteiger partial charge in [0.05, 0.1) is 15.9 Å². The van der Waals surface area contributed by atoms with Crippen LogP contribution in [0.15, 0.2) is 50.9 Å². The molecule has 8 nitrogen and oxygen atoms in total. The number of rotatable bonds is 4. The number of benzene rings is 2. The first-order chi connectivity index (χ1) is 12.2. The van der Waals surface area contributed by atoms with E-state index in [2.05, 4.69) is 14.7 Å². The van der Waals surface area contributed by atoms with E-state index in [0.29, 0.717) is 16.8 Å². The minimum Gasteiger partial charge on any atom is -0.378 e. The predicted molar refractivity (Wildman–Crippen MR) is 102 cm³/mol. The number of aryl methyl sites for hydroxylation is 1. The summed E-state index contributed by atoms with van der Waals surface area (Å²) in [5, 5.41) is 0. The second kappa shape index (κ2) is 6.34. The molecule has 0 aliphatic heterocycles. The summed E-state index contributed by atoms with van der Waals surface area (Å²) in [6.45, 7) is 1.62. The molecule has 0 amide bonds. The topological polar surface area (TPSA) is 115 Å². The fourth-order valence-electron chi connectivity index (χ4n) is 2.58. The van der Waals surface area contributed by atoms with Crippen molar-refractivity contribution in [1.29, 1.82) is 0 Å². The van der Waals surface area contributed by atoms with E-state index in [-0.39, 0.29) is 10.4 Å². The molecule has 0 aliphatic rings. The molecule has 1 heterocycles. The third-order valence-corrected chi connectivity index (χ3v) is 5.47. The molecule has 9 heteroatoms. The van der Waals surface area contributed by atoms with Gasteiger partial charge >= 0.3 is 11.1 Å². The number of fused-ring (bicyclic) bond motifs is 1. The fourth-order valence-corrected chi connectivity index (χ4v) is 3.89. The molecule has 0 radical (unpaired) electrons. The first-order valence-electron chi connectivity index (χ1n) is 7.74. The van der Waals surface area contributed by atoms with Crippen LogP contribution in [0.2, 0.25) is 0 Å². The Bertz CT molecular complexity index is 1190. The van der Waals surface area contributed by atoms with E-state index in [0.717, 1.165) is 5.69 Å². The fraction of sp³-hybridized carbons (Fsp3) is 0.176. The van der Waals surface area contributed by atoms with Crippen molar-refractivity contribution in [1.82, 2.24) is 9.97 Å². The second-order valence-electron chi connectivity index (χ2n) is 6.12. The molecular weight excluding hydrogens is 356 g/mol. The molecule has 0 unspecified atom stereocenters. The van der Waals surface area contributed by atoms with Crippen LogP contribution in [0, 0.1) is 6.92 Å². The Morgan fingerprint density at radius 2 is 1.46 bits per heavy atom. The van der Waals surface area contributed by atoms with Gasteiger partial charge in [0.25, 0.3) is 10.0 Å². The smallest absolute Gasteiger partial charge is 0.314 e. The van der Waals surface area contributed by atoms with Crippen LogP contribution in [-0.4, -0.2) is 32.5 Å². The lowest BCUT2D eigenvalue weighted by molar-refractivity contribution is 0.600. The maximum Gasteiger partial charge on any atom is 0.314 e. The van der Waals surface area contributed by atoms with Gasteiger partial charge in [-0.1, -0.05) is 0 Å². The molecule has 3 N–H and O–H groups in total. The molecule has 0 atom stereocenters. The minimum absolute atomic E-state index is 0.0179. The third-order valence-electron chi connectivity index (χ3n) is 3.94.